The average Bonchev–Trinajstić information content (AvgIpc) is 2.32. The van der Waals surface area contributed by atoms with Gasteiger partial charge in [0.15, 0.2) is 0 Å². The van der Waals surface area contributed by atoms with Gasteiger partial charge < -0.3 is 14.4 Å². The van der Waals surface area contributed by atoms with Gasteiger partial charge in [-0.2, -0.15) is 0 Å². The summed E-state index contributed by atoms with van der Waals surface area (Å²) >= 11 is 0. The van der Waals surface area contributed by atoms with Crippen molar-refractivity contribution in [1.82, 2.24) is 4.90 Å². The highest BCUT2D eigenvalue weighted by molar-refractivity contribution is 5.93. The minimum Gasteiger partial charge on any atom is -0.486 e. The van der Waals surface area contributed by atoms with Crippen LogP contribution in [0.1, 0.15) is 27.7 Å². The Morgan fingerprint density at radius 1 is 1.63 bits per heavy atom. The van der Waals surface area contributed by atoms with E-state index in [4.69, 9.17) is 9.47 Å². The van der Waals surface area contributed by atoms with Gasteiger partial charge in [-0.15, -0.1) is 0 Å². The second-order valence-electron chi connectivity index (χ2n) is 4.69. The van der Waals surface area contributed by atoms with E-state index >= 15 is 0 Å². The maximum Gasteiger partial charge on any atom is 0.340 e. The number of carbonyl (C=O) groups is 1. The zero-order valence-electron chi connectivity index (χ0n) is 12.4. The van der Waals surface area contributed by atoms with Crippen molar-refractivity contribution in [2.75, 3.05) is 20.2 Å². The molecule has 1 heterocycles. The quantitative estimate of drug-likeness (QED) is 0.578. The predicted octanol–water partition coefficient (Wildman–Crippen LogP) is 2.63. The molecule has 0 amide bonds. The Labute approximate surface area is 115 Å². The topological polar surface area (TPSA) is 38.8 Å². The van der Waals surface area contributed by atoms with Crippen LogP contribution in [0.5, 0.6) is 0 Å². The molecule has 1 atom stereocenters. The average molecular weight is 265 g/mol. The summed E-state index contributed by atoms with van der Waals surface area (Å²) in [5.74, 6) is 0.339. The number of nitrogens with zero attached hydrogens (tertiary/aromatic N) is 1. The van der Waals surface area contributed by atoms with Gasteiger partial charge in [-0.1, -0.05) is 12.7 Å². The van der Waals surface area contributed by atoms with Crippen molar-refractivity contribution in [1.29, 1.82) is 0 Å². The standard InChI is InChI=1S/C15H23NO3/c1-7-12(15(17)18-8-2)13-14(10(3)4)19-11(5)9-16(13)6/h7,11H,3,8-9H2,1-2,4-6H3/b12-7+. The number of carbonyl (C=O) groups excluding carboxylic acids is 1. The summed E-state index contributed by atoms with van der Waals surface area (Å²) < 4.78 is 10.9. The van der Waals surface area contributed by atoms with E-state index in [1.165, 1.54) is 0 Å². The Bertz CT molecular complexity index is 435. The van der Waals surface area contributed by atoms with Gasteiger partial charge >= 0.3 is 5.97 Å². The summed E-state index contributed by atoms with van der Waals surface area (Å²) in [7, 11) is 1.94. The second kappa shape index (κ2) is 6.45. The van der Waals surface area contributed by atoms with Crippen LogP contribution in [-0.4, -0.2) is 37.2 Å². The molecule has 0 bridgehead atoms. The van der Waals surface area contributed by atoms with Crippen LogP contribution in [0.25, 0.3) is 0 Å². The lowest BCUT2D eigenvalue weighted by molar-refractivity contribution is -0.138. The van der Waals surface area contributed by atoms with Crippen LogP contribution in [0.2, 0.25) is 0 Å². The molecule has 1 rings (SSSR count). The fourth-order valence-electron chi connectivity index (χ4n) is 2.14. The molecule has 0 aromatic heterocycles. The first-order chi connectivity index (χ1) is 8.92. The number of esters is 1. The molecular formula is C15H23NO3. The first-order valence-corrected chi connectivity index (χ1v) is 6.54. The van der Waals surface area contributed by atoms with Crippen LogP contribution in [0.3, 0.4) is 0 Å². The normalized spacial score (nSPS) is 20.2. The van der Waals surface area contributed by atoms with E-state index in [1.54, 1.807) is 13.0 Å². The fraction of sp³-hybridized carbons (Fsp3) is 0.533. The zero-order chi connectivity index (χ0) is 14.6. The molecule has 19 heavy (non-hydrogen) atoms. The van der Waals surface area contributed by atoms with Gasteiger partial charge in [0.2, 0.25) is 0 Å². The molecule has 0 radical (unpaired) electrons. The molecular weight excluding hydrogens is 242 g/mol. The smallest absolute Gasteiger partial charge is 0.340 e. The molecule has 0 aromatic carbocycles. The van der Waals surface area contributed by atoms with Crippen molar-refractivity contribution >= 4 is 5.97 Å². The third kappa shape index (κ3) is 3.40. The van der Waals surface area contributed by atoms with Gasteiger partial charge in [0, 0.05) is 7.05 Å². The summed E-state index contributed by atoms with van der Waals surface area (Å²) in [5.41, 5.74) is 2.08. The Balaban J connectivity index is 3.26. The monoisotopic (exact) mass is 265 g/mol. The molecule has 1 aliphatic heterocycles. The third-order valence-electron chi connectivity index (χ3n) is 2.87. The van der Waals surface area contributed by atoms with Crippen LogP contribution in [0, 0.1) is 0 Å². The van der Waals surface area contributed by atoms with E-state index < -0.39 is 0 Å². The number of ether oxygens (including phenoxy) is 2. The SMILES string of the molecule is C=C(C)C1=C(/C(=C\C)C(=O)OCC)N(C)CC(C)O1. The molecule has 4 nitrogen and oxygen atoms in total. The third-order valence-corrected chi connectivity index (χ3v) is 2.87. The Morgan fingerprint density at radius 3 is 2.74 bits per heavy atom. The van der Waals surface area contributed by atoms with E-state index in [0.29, 0.717) is 17.9 Å². The van der Waals surface area contributed by atoms with Crippen molar-refractivity contribution in [2.24, 2.45) is 0 Å². The van der Waals surface area contributed by atoms with Gasteiger partial charge in [-0.05, 0) is 33.3 Å². The van der Waals surface area contributed by atoms with Crippen LogP contribution in [-0.2, 0) is 14.3 Å². The number of rotatable bonds is 4. The van der Waals surface area contributed by atoms with Crippen molar-refractivity contribution in [3.63, 3.8) is 0 Å². The van der Waals surface area contributed by atoms with E-state index in [9.17, 15) is 4.79 Å². The molecule has 0 aliphatic carbocycles. The van der Waals surface area contributed by atoms with Gasteiger partial charge in [0.25, 0.3) is 0 Å². The van der Waals surface area contributed by atoms with E-state index in [-0.39, 0.29) is 12.1 Å². The van der Waals surface area contributed by atoms with E-state index in [2.05, 4.69) is 6.58 Å². The first-order valence-electron chi connectivity index (χ1n) is 6.54. The second-order valence-corrected chi connectivity index (χ2v) is 4.69. The minimum absolute atomic E-state index is 0.0701. The highest BCUT2D eigenvalue weighted by Crippen LogP contribution is 2.29. The Morgan fingerprint density at radius 2 is 2.26 bits per heavy atom. The van der Waals surface area contributed by atoms with Crippen LogP contribution < -0.4 is 0 Å². The lowest BCUT2D eigenvalue weighted by Crippen LogP contribution is -2.37. The summed E-state index contributed by atoms with van der Waals surface area (Å²) in [4.78, 5) is 14.1. The van der Waals surface area contributed by atoms with Crippen LogP contribution >= 0.6 is 0 Å². The van der Waals surface area contributed by atoms with E-state index in [0.717, 1.165) is 17.8 Å². The zero-order valence-corrected chi connectivity index (χ0v) is 12.4. The van der Waals surface area contributed by atoms with Crippen LogP contribution in [0.4, 0.5) is 0 Å². The summed E-state index contributed by atoms with van der Waals surface area (Å²) in [6.07, 6.45) is 1.83. The summed E-state index contributed by atoms with van der Waals surface area (Å²) in [5, 5.41) is 0. The van der Waals surface area contributed by atoms with E-state index in [1.807, 2.05) is 32.7 Å². The number of allylic oxidation sites excluding steroid dienone is 2. The first kappa shape index (κ1) is 15.3. The maximum atomic E-state index is 12.0. The molecule has 1 aliphatic rings. The van der Waals surface area contributed by atoms with Gasteiger partial charge in [0.05, 0.1) is 24.4 Å². The summed E-state index contributed by atoms with van der Waals surface area (Å²) in [6, 6.07) is 0. The molecule has 0 spiro atoms. The number of likely N-dealkylation sites (N-methyl/N-ethyl adjacent to an activating group) is 1. The lowest BCUT2D eigenvalue weighted by Gasteiger charge is -2.35. The maximum absolute atomic E-state index is 12.0. The fourth-order valence-corrected chi connectivity index (χ4v) is 2.14. The summed E-state index contributed by atoms with van der Waals surface area (Å²) in [6.45, 7) is 12.5. The predicted molar refractivity (Wildman–Crippen MR) is 75.4 cm³/mol. The molecule has 0 fully saturated rings. The molecule has 0 N–H and O–H groups in total. The molecule has 1 unspecified atom stereocenters. The van der Waals surface area contributed by atoms with Crippen molar-refractivity contribution < 1.29 is 14.3 Å². The largest absolute Gasteiger partial charge is 0.486 e. The molecule has 0 saturated carbocycles. The van der Waals surface area contributed by atoms with Gasteiger partial charge in [-0.3, -0.25) is 0 Å². The van der Waals surface area contributed by atoms with Crippen molar-refractivity contribution in [3.05, 3.63) is 35.3 Å². The minimum atomic E-state index is -0.330. The van der Waals surface area contributed by atoms with Crippen molar-refractivity contribution in [3.8, 4) is 0 Å². The Hall–Kier alpha value is -1.71. The Kier molecular flexibility index (Phi) is 5.21. The number of hydrogen-bond donors (Lipinski definition) is 0. The highest BCUT2D eigenvalue weighted by Gasteiger charge is 2.29. The van der Waals surface area contributed by atoms with Gasteiger partial charge in [-0.25, -0.2) is 4.79 Å². The van der Waals surface area contributed by atoms with Crippen molar-refractivity contribution in [2.45, 2.75) is 33.8 Å². The lowest BCUT2D eigenvalue weighted by atomic mass is 10.0. The molecule has 0 saturated heterocycles. The van der Waals surface area contributed by atoms with Gasteiger partial charge in [0.1, 0.15) is 11.9 Å². The molecule has 106 valence electrons. The van der Waals surface area contributed by atoms with Crippen LogP contribution in [0.15, 0.2) is 35.3 Å². The highest BCUT2D eigenvalue weighted by atomic mass is 16.5. The number of hydrogen-bond acceptors (Lipinski definition) is 4. The molecule has 0 aromatic rings. The molecule has 4 heteroatoms.